The lowest BCUT2D eigenvalue weighted by Gasteiger charge is -2.36. The number of hydrogen-bond donors (Lipinski definition) is 2. The number of aliphatic carboxylic acids is 1. The SMILES string of the molecule is COc1ccc2ncc(Cl)c([C@H](N)CCC3CCN(CC#Cc4cccc(F)c4)CC3C(=O)O)c2c1. The minimum atomic E-state index is -0.812. The highest BCUT2D eigenvalue weighted by molar-refractivity contribution is 6.32. The summed E-state index contributed by atoms with van der Waals surface area (Å²) in [5, 5.41) is 11.2. The molecular formula is C28H29ClFN3O3. The Bertz CT molecular complexity index is 1310. The van der Waals surface area contributed by atoms with Crippen molar-refractivity contribution in [1.29, 1.82) is 0 Å². The highest BCUT2D eigenvalue weighted by Gasteiger charge is 2.34. The summed E-state index contributed by atoms with van der Waals surface area (Å²) >= 11 is 6.50. The van der Waals surface area contributed by atoms with Gasteiger partial charge in [-0.1, -0.05) is 29.5 Å². The highest BCUT2D eigenvalue weighted by atomic mass is 35.5. The van der Waals surface area contributed by atoms with Gasteiger partial charge in [0.2, 0.25) is 0 Å². The number of aromatic nitrogens is 1. The van der Waals surface area contributed by atoms with Gasteiger partial charge in [0.05, 0.1) is 30.1 Å². The fourth-order valence-electron chi connectivity index (χ4n) is 4.87. The van der Waals surface area contributed by atoms with Crippen molar-refractivity contribution in [3.8, 4) is 17.6 Å². The van der Waals surface area contributed by atoms with E-state index >= 15 is 0 Å². The summed E-state index contributed by atoms with van der Waals surface area (Å²) in [6, 6.07) is 11.4. The molecule has 3 N–H and O–H groups in total. The van der Waals surface area contributed by atoms with Gasteiger partial charge in [0.15, 0.2) is 0 Å². The molecule has 2 unspecified atom stereocenters. The van der Waals surface area contributed by atoms with E-state index in [0.717, 1.165) is 29.4 Å². The largest absolute Gasteiger partial charge is 0.497 e. The number of carboxylic acid groups (broad SMARTS) is 1. The fraction of sp³-hybridized carbons (Fsp3) is 0.357. The lowest BCUT2D eigenvalue weighted by Crippen LogP contribution is -2.44. The Labute approximate surface area is 215 Å². The van der Waals surface area contributed by atoms with Gasteiger partial charge >= 0.3 is 5.97 Å². The third kappa shape index (κ3) is 6.14. The number of benzene rings is 2. The van der Waals surface area contributed by atoms with E-state index in [1.54, 1.807) is 25.4 Å². The summed E-state index contributed by atoms with van der Waals surface area (Å²) < 4.78 is 18.7. The molecule has 4 rings (SSSR count). The van der Waals surface area contributed by atoms with E-state index in [9.17, 15) is 14.3 Å². The van der Waals surface area contributed by atoms with Crippen molar-refractivity contribution >= 4 is 28.5 Å². The van der Waals surface area contributed by atoms with Crippen LogP contribution in [0, 0.1) is 29.5 Å². The third-order valence-electron chi connectivity index (χ3n) is 6.80. The number of pyridine rings is 1. The number of methoxy groups -OCH3 is 1. The van der Waals surface area contributed by atoms with Crippen molar-refractivity contribution in [2.24, 2.45) is 17.6 Å². The number of likely N-dealkylation sites (tertiary alicyclic amines) is 1. The van der Waals surface area contributed by atoms with Crippen molar-refractivity contribution in [1.82, 2.24) is 9.88 Å². The van der Waals surface area contributed by atoms with Gasteiger partial charge in [0.25, 0.3) is 0 Å². The maximum Gasteiger partial charge on any atom is 0.308 e. The standard InChI is InChI=1S/C28H29ClFN3O3/c1-36-21-8-10-26-22(15-21)27(24(29)16-32-26)25(31)9-7-19-11-13-33(17-23(19)28(34)35)12-3-5-18-4-2-6-20(30)14-18/h2,4,6,8,10,14-16,19,23,25H,7,9,11-13,17,31H2,1H3,(H,34,35)/t19?,23?,25-/m1/s1. The lowest BCUT2D eigenvalue weighted by molar-refractivity contribution is -0.146. The highest BCUT2D eigenvalue weighted by Crippen LogP contribution is 2.35. The first-order chi connectivity index (χ1) is 17.4. The zero-order valence-electron chi connectivity index (χ0n) is 20.1. The minimum absolute atomic E-state index is 0.00221. The number of carbonyl (C=O) groups is 1. The van der Waals surface area contributed by atoms with E-state index in [4.69, 9.17) is 22.1 Å². The molecule has 0 aliphatic carbocycles. The number of halogens is 2. The van der Waals surface area contributed by atoms with Crippen LogP contribution < -0.4 is 10.5 Å². The Morgan fingerprint density at radius 2 is 2.19 bits per heavy atom. The normalized spacial score (nSPS) is 18.9. The number of fused-ring (bicyclic) bond motifs is 1. The van der Waals surface area contributed by atoms with Crippen LogP contribution in [0.15, 0.2) is 48.7 Å². The molecule has 1 aliphatic rings. The first-order valence-corrected chi connectivity index (χ1v) is 12.3. The lowest BCUT2D eigenvalue weighted by atomic mass is 9.81. The molecule has 1 aliphatic heterocycles. The molecule has 1 aromatic heterocycles. The number of nitrogens with zero attached hydrogens (tertiary/aromatic N) is 2. The molecule has 1 saturated heterocycles. The van der Waals surface area contributed by atoms with E-state index in [0.29, 0.717) is 42.3 Å². The molecular weight excluding hydrogens is 481 g/mol. The maximum atomic E-state index is 13.3. The molecule has 0 radical (unpaired) electrons. The second-order valence-electron chi connectivity index (χ2n) is 9.13. The molecule has 0 spiro atoms. The monoisotopic (exact) mass is 509 g/mol. The van der Waals surface area contributed by atoms with Gasteiger partial charge < -0.3 is 15.6 Å². The van der Waals surface area contributed by atoms with E-state index in [2.05, 4.69) is 16.8 Å². The summed E-state index contributed by atoms with van der Waals surface area (Å²) in [5.74, 6) is 5.04. The van der Waals surface area contributed by atoms with Crippen LogP contribution in [0.4, 0.5) is 4.39 Å². The average molecular weight is 510 g/mol. The van der Waals surface area contributed by atoms with Crippen LogP contribution in [0.25, 0.3) is 10.9 Å². The maximum absolute atomic E-state index is 13.3. The summed E-state index contributed by atoms with van der Waals surface area (Å²) in [6.45, 7) is 1.61. The topological polar surface area (TPSA) is 88.7 Å². The molecule has 6 nitrogen and oxygen atoms in total. The summed E-state index contributed by atoms with van der Waals surface area (Å²) in [6.07, 6.45) is 3.62. The number of rotatable bonds is 7. The smallest absolute Gasteiger partial charge is 0.308 e. The Kier molecular flexibility index (Phi) is 8.42. The van der Waals surface area contributed by atoms with Crippen molar-refractivity contribution in [3.63, 3.8) is 0 Å². The molecule has 188 valence electrons. The van der Waals surface area contributed by atoms with Crippen molar-refractivity contribution in [2.75, 3.05) is 26.7 Å². The first kappa shape index (κ1) is 25.9. The van der Waals surface area contributed by atoms with Crippen molar-refractivity contribution in [3.05, 3.63) is 70.6 Å². The number of nitrogens with two attached hydrogens (primary N) is 1. The first-order valence-electron chi connectivity index (χ1n) is 11.9. The number of hydrogen-bond acceptors (Lipinski definition) is 5. The number of carboxylic acids is 1. The van der Waals surface area contributed by atoms with Gasteiger partial charge in [-0.05, 0) is 73.7 Å². The van der Waals surface area contributed by atoms with E-state index < -0.39 is 11.9 Å². The van der Waals surface area contributed by atoms with Gasteiger partial charge in [-0.15, -0.1) is 0 Å². The predicted octanol–water partition coefficient (Wildman–Crippen LogP) is 4.89. The van der Waals surface area contributed by atoms with Crippen molar-refractivity contribution in [2.45, 2.75) is 25.3 Å². The van der Waals surface area contributed by atoms with Crippen molar-refractivity contribution < 1.29 is 19.0 Å². The molecule has 1 fully saturated rings. The Morgan fingerprint density at radius 1 is 1.36 bits per heavy atom. The van der Waals surface area contributed by atoms with Gasteiger partial charge in [-0.3, -0.25) is 14.7 Å². The fourth-order valence-corrected chi connectivity index (χ4v) is 5.16. The van der Waals surface area contributed by atoms with E-state index in [1.165, 1.54) is 12.1 Å². The molecule has 0 saturated carbocycles. The zero-order valence-corrected chi connectivity index (χ0v) is 20.8. The molecule has 0 amide bonds. The number of ether oxygens (including phenoxy) is 1. The van der Waals surface area contributed by atoms with Gasteiger partial charge in [0, 0.05) is 29.7 Å². The molecule has 3 atom stereocenters. The van der Waals surface area contributed by atoms with E-state index in [1.807, 2.05) is 23.1 Å². The third-order valence-corrected chi connectivity index (χ3v) is 7.11. The Balaban J connectivity index is 1.41. The molecule has 3 aromatic rings. The summed E-state index contributed by atoms with van der Waals surface area (Å²) in [5.41, 5.74) is 8.78. The quantitative estimate of drug-likeness (QED) is 0.441. The van der Waals surface area contributed by atoms with E-state index in [-0.39, 0.29) is 17.8 Å². The molecule has 0 bridgehead atoms. The van der Waals surface area contributed by atoms with Crippen LogP contribution in [-0.2, 0) is 4.79 Å². The average Bonchev–Trinajstić information content (AvgIpc) is 2.87. The molecule has 36 heavy (non-hydrogen) atoms. The Morgan fingerprint density at radius 3 is 2.94 bits per heavy atom. The molecule has 2 heterocycles. The summed E-state index contributed by atoms with van der Waals surface area (Å²) in [4.78, 5) is 18.5. The van der Waals surface area contributed by atoms with Crippen LogP contribution >= 0.6 is 11.6 Å². The second-order valence-corrected chi connectivity index (χ2v) is 9.53. The van der Waals surface area contributed by atoms with Crippen LogP contribution in [0.1, 0.15) is 36.4 Å². The van der Waals surface area contributed by atoms with Crippen LogP contribution in [-0.4, -0.2) is 47.7 Å². The summed E-state index contributed by atoms with van der Waals surface area (Å²) in [7, 11) is 1.60. The van der Waals surface area contributed by atoms with Crippen LogP contribution in [0.5, 0.6) is 5.75 Å². The van der Waals surface area contributed by atoms with Crippen LogP contribution in [0.2, 0.25) is 5.02 Å². The van der Waals surface area contributed by atoms with Gasteiger partial charge in [0.1, 0.15) is 11.6 Å². The Hall–Kier alpha value is -3.18. The van der Waals surface area contributed by atoms with Gasteiger partial charge in [-0.25, -0.2) is 4.39 Å². The van der Waals surface area contributed by atoms with Crippen LogP contribution in [0.3, 0.4) is 0 Å². The minimum Gasteiger partial charge on any atom is -0.497 e. The number of piperidine rings is 1. The zero-order chi connectivity index (χ0) is 25.7. The van der Waals surface area contributed by atoms with Gasteiger partial charge in [-0.2, -0.15) is 0 Å². The second kappa shape index (κ2) is 11.7. The predicted molar refractivity (Wildman–Crippen MR) is 138 cm³/mol. The molecule has 2 aromatic carbocycles. The molecule has 8 heteroatoms.